The summed E-state index contributed by atoms with van der Waals surface area (Å²) in [6.07, 6.45) is 5.53. The second-order valence-corrected chi connectivity index (χ2v) is 8.54. The molecule has 2 aromatic heterocycles. The summed E-state index contributed by atoms with van der Waals surface area (Å²) in [6, 6.07) is 23.4. The van der Waals surface area contributed by atoms with Crippen molar-refractivity contribution in [2.45, 2.75) is 18.4 Å². The molecular weight excluding hydrogens is 428 g/mol. The van der Waals surface area contributed by atoms with Crippen molar-refractivity contribution in [3.8, 4) is 0 Å². The van der Waals surface area contributed by atoms with E-state index in [2.05, 4.69) is 5.32 Å². The molecule has 2 aliphatic rings. The first-order chi connectivity index (χ1) is 16.7. The van der Waals surface area contributed by atoms with Crippen molar-refractivity contribution in [1.82, 2.24) is 0 Å². The van der Waals surface area contributed by atoms with Gasteiger partial charge in [0.25, 0.3) is 5.91 Å². The van der Waals surface area contributed by atoms with Gasteiger partial charge in [-0.1, -0.05) is 36.4 Å². The van der Waals surface area contributed by atoms with Crippen LogP contribution in [0.4, 0.5) is 11.4 Å². The van der Waals surface area contributed by atoms with Gasteiger partial charge in [0, 0.05) is 23.6 Å². The van der Waals surface area contributed by atoms with E-state index in [1.807, 2.05) is 66.7 Å². The van der Waals surface area contributed by atoms with Gasteiger partial charge in [-0.3, -0.25) is 14.5 Å². The van der Waals surface area contributed by atoms with Gasteiger partial charge in [-0.05, 0) is 48.5 Å². The standard InChI is InChI=1S/C28H22N2O4/c31-23-17-19(24-12-6-14-33-24)16-21-26(23)27(25-13-7-15-34-25)30(22-11-5-4-10-20(22)29-21)28(32)18-8-2-1-3-9-18/h1-16,19,26-27,29H,17H2. The molecule has 1 amide bonds. The topological polar surface area (TPSA) is 75.7 Å². The Bertz CT molecular complexity index is 1360. The number of Topliss-reactive ketones (excluding diaryl/α,β-unsaturated/α-hetero) is 1. The summed E-state index contributed by atoms with van der Waals surface area (Å²) < 4.78 is 11.4. The lowest BCUT2D eigenvalue weighted by atomic mass is 9.78. The van der Waals surface area contributed by atoms with Gasteiger partial charge in [0.15, 0.2) is 0 Å². The number of fused-ring (bicyclic) bond motifs is 2. The molecule has 6 heteroatoms. The maximum Gasteiger partial charge on any atom is 0.259 e. The third-order valence-corrected chi connectivity index (χ3v) is 6.50. The Kier molecular flexibility index (Phi) is 4.91. The molecule has 6 rings (SSSR count). The monoisotopic (exact) mass is 450 g/mol. The molecule has 1 aliphatic carbocycles. The summed E-state index contributed by atoms with van der Waals surface area (Å²) in [5, 5.41) is 3.48. The minimum absolute atomic E-state index is 0.0199. The van der Waals surface area contributed by atoms with E-state index < -0.39 is 12.0 Å². The average molecular weight is 450 g/mol. The molecule has 0 radical (unpaired) electrons. The Morgan fingerprint density at radius 2 is 1.56 bits per heavy atom. The molecule has 0 spiro atoms. The van der Waals surface area contributed by atoms with Crippen molar-refractivity contribution < 1.29 is 18.4 Å². The molecule has 6 nitrogen and oxygen atoms in total. The Balaban J connectivity index is 1.56. The second-order valence-electron chi connectivity index (χ2n) is 8.54. The number of hydrogen-bond acceptors (Lipinski definition) is 5. The maximum atomic E-state index is 14.0. The number of nitrogens with zero attached hydrogens (tertiary/aromatic N) is 1. The zero-order valence-electron chi connectivity index (χ0n) is 18.3. The van der Waals surface area contributed by atoms with Crippen molar-refractivity contribution in [2.75, 3.05) is 10.2 Å². The summed E-state index contributed by atoms with van der Waals surface area (Å²) in [7, 11) is 0. The lowest BCUT2D eigenvalue weighted by molar-refractivity contribution is -0.123. The van der Waals surface area contributed by atoms with E-state index in [0.29, 0.717) is 17.0 Å². The number of amides is 1. The van der Waals surface area contributed by atoms with Crippen molar-refractivity contribution in [3.05, 3.63) is 120 Å². The van der Waals surface area contributed by atoms with Gasteiger partial charge in [-0.15, -0.1) is 0 Å². The zero-order valence-corrected chi connectivity index (χ0v) is 18.3. The summed E-state index contributed by atoms with van der Waals surface area (Å²) >= 11 is 0. The fourth-order valence-electron chi connectivity index (χ4n) is 5.00. The number of benzene rings is 2. The highest BCUT2D eigenvalue weighted by molar-refractivity contribution is 6.09. The minimum atomic E-state index is -0.643. The fourth-order valence-corrected chi connectivity index (χ4v) is 5.00. The first kappa shape index (κ1) is 20.3. The number of furan rings is 2. The molecule has 0 saturated carbocycles. The van der Waals surface area contributed by atoms with E-state index >= 15 is 0 Å². The quantitative estimate of drug-likeness (QED) is 0.418. The molecule has 4 aromatic rings. The third-order valence-electron chi connectivity index (χ3n) is 6.50. The highest BCUT2D eigenvalue weighted by atomic mass is 16.3. The number of carbonyl (C=O) groups excluding carboxylic acids is 2. The normalized spacial score (nSPS) is 21.6. The molecule has 3 unspecified atom stereocenters. The lowest BCUT2D eigenvalue weighted by Crippen LogP contribution is -2.42. The highest BCUT2D eigenvalue weighted by Gasteiger charge is 2.46. The van der Waals surface area contributed by atoms with E-state index in [4.69, 9.17) is 8.83 Å². The van der Waals surface area contributed by atoms with Gasteiger partial charge in [0.1, 0.15) is 23.3 Å². The number of para-hydroxylation sites is 2. The van der Waals surface area contributed by atoms with Crippen LogP contribution in [0, 0.1) is 5.92 Å². The van der Waals surface area contributed by atoms with Gasteiger partial charge < -0.3 is 14.2 Å². The molecule has 1 aliphatic heterocycles. The van der Waals surface area contributed by atoms with Crippen molar-refractivity contribution in [3.63, 3.8) is 0 Å². The van der Waals surface area contributed by atoms with Gasteiger partial charge in [-0.2, -0.15) is 0 Å². The molecule has 0 saturated heterocycles. The Labute approximate surface area is 196 Å². The Morgan fingerprint density at radius 1 is 0.853 bits per heavy atom. The van der Waals surface area contributed by atoms with E-state index in [-0.39, 0.29) is 24.0 Å². The van der Waals surface area contributed by atoms with E-state index in [1.54, 1.807) is 35.6 Å². The summed E-state index contributed by atoms with van der Waals surface area (Å²) in [4.78, 5) is 29.4. The number of nitrogens with one attached hydrogen (secondary N) is 1. The van der Waals surface area contributed by atoms with Crippen LogP contribution in [-0.2, 0) is 4.79 Å². The first-order valence-electron chi connectivity index (χ1n) is 11.3. The van der Waals surface area contributed by atoms with Crippen molar-refractivity contribution >= 4 is 23.1 Å². The Morgan fingerprint density at radius 3 is 2.29 bits per heavy atom. The fraction of sp³-hybridized carbons (Fsp3) is 0.143. The molecule has 1 N–H and O–H groups in total. The number of anilines is 2. The second kappa shape index (κ2) is 8.23. The van der Waals surface area contributed by atoms with E-state index in [0.717, 1.165) is 17.1 Å². The zero-order chi connectivity index (χ0) is 23.1. The molecule has 3 atom stereocenters. The molecule has 3 heterocycles. The predicted octanol–water partition coefficient (Wildman–Crippen LogP) is 5.94. The summed E-state index contributed by atoms with van der Waals surface area (Å²) in [6.45, 7) is 0. The van der Waals surface area contributed by atoms with Gasteiger partial charge in [0.05, 0.1) is 29.8 Å². The van der Waals surface area contributed by atoms with E-state index in [9.17, 15) is 9.59 Å². The number of allylic oxidation sites excluding steroid dienone is 1. The Hall–Kier alpha value is -4.32. The molecule has 0 bridgehead atoms. The van der Waals surface area contributed by atoms with Crippen LogP contribution < -0.4 is 10.2 Å². The maximum absolute atomic E-state index is 14.0. The van der Waals surface area contributed by atoms with Crippen LogP contribution in [0.25, 0.3) is 0 Å². The molecular formula is C28H22N2O4. The van der Waals surface area contributed by atoms with E-state index in [1.165, 1.54) is 0 Å². The molecule has 34 heavy (non-hydrogen) atoms. The largest absolute Gasteiger partial charge is 0.469 e. The van der Waals surface area contributed by atoms with Crippen LogP contribution in [0.15, 0.2) is 112 Å². The first-order valence-corrected chi connectivity index (χ1v) is 11.3. The highest BCUT2D eigenvalue weighted by Crippen LogP contribution is 2.48. The van der Waals surface area contributed by atoms with Crippen LogP contribution in [0.3, 0.4) is 0 Å². The van der Waals surface area contributed by atoms with Crippen molar-refractivity contribution in [1.29, 1.82) is 0 Å². The van der Waals surface area contributed by atoms with Crippen LogP contribution in [0.1, 0.15) is 40.3 Å². The number of rotatable bonds is 3. The van der Waals surface area contributed by atoms with Crippen LogP contribution in [0.2, 0.25) is 0 Å². The van der Waals surface area contributed by atoms with Crippen molar-refractivity contribution in [2.24, 2.45) is 5.92 Å². The van der Waals surface area contributed by atoms with Gasteiger partial charge in [0.2, 0.25) is 0 Å². The average Bonchev–Trinajstić information content (AvgIpc) is 3.57. The van der Waals surface area contributed by atoms with Crippen LogP contribution in [0.5, 0.6) is 0 Å². The third kappa shape index (κ3) is 3.35. The van der Waals surface area contributed by atoms with Crippen LogP contribution >= 0.6 is 0 Å². The van der Waals surface area contributed by atoms with Crippen LogP contribution in [-0.4, -0.2) is 11.7 Å². The molecule has 168 valence electrons. The number of hydrogen-bond donors (Lipinski definition) is 1. The smallest absolute Gasteiger partial charge is 0.259 e. The lowest BCUT2D eigenvalue weighted by Gasteiger charge is -2.35. The summed E-state index contributed by atoms with van der Waals surface area (Å²) in [5.41, 5.74) is 2.73. The predicted molar refractivity (Wildman–Crippen MR) is 127 cm³/mol. The number of carbonyl (C=O) groups is 2. The molecule has 0 fully saturated rings. The van der Waals surface area contributed by atoms with Gasteiger partial charge in [-0.25, -0.2) is 0 Å². The SMILES string of the molecule is O=C1CC(c2ccco2)C=C2Nc3ccccc3N(C(=O)c3ccccc3)C(c3ccco3)C12. The minimum Gasteiger partial charge on any atom is -0.469 e. The number of ketones is 1. The summed E-state index contributed by atoms with van der Waals surface area (Å²) in [5.74, 6) is 0.332. The van der Waals surface area contributed by atoms with Gasteiger partial charge >= 0.3 is 0 Å². The molecule has 2 aromatic carbocycles.